The number of ether oxygens (including phenoxy) is 2. The SMILES string of the molecule is [2H]C([2H])(Oc1nc(N2CCOC[C@H]3[C@H](F)[C@H]32)c2cnc(Cl)c(C)c2n1)[C@]12CC(=C)CN1CCC21CC1. The van der Waals surface area contributed by atoms with Crippen molar-refractivity contribution in [2.75, 3.05) is 44.3 Å². The smallest absolute Gasteiger partial charge is 0.319 e. The van der Waals surface area contributed by atoms with Crippen molar-refractivity contribution in [1.82, 2.24) is 19.9 Å². The maximum absolute atomic E-state index is 14.7. The fourth-order valence-electron chi connectivity index (χ4n) is 6.55. The molecule has 0 amide bonds. The molecule has 0 bridgehead atoms. The average molecular weight is 488 g/mol. The van der Waals surface area contributed by atoms with E-state index in [0.29, 0.717) is 60.2 Å². The summed E-state index contributed by atoms with van der Waals surface area (Å²) in [4.78, 5) is 17.8. The van der Waals surface area contributed by atoms with E-state index in [1.54, 1.807) is 6.20 Å². The van der Waals surface area contributed by atoms with Gasteiger partial charge >= 0.3 is 6.01 Å². The molecule has 3 aliphatic heterocycles. The summed E-state index contributed by atoms with van der Waals surface area (Å²) in [7, 11) is 0. The first kappa shape index (κ1) is 19.2. The Morgan fingerprint density at radius 2 is 2.21 bits per heavy atom. The van der Waals surface area contributed by atoms with Crippen LogP contribution in [0.5, 0.6) is 6.01 Å². The number of anilines is 1. The van der Waals surface area contributed by atoms with Crippen LogP contribution in [0, 0.1) is 18.3 Å². The lowest BCUT2D eigenvalue weighted by Gasteiger charge is -2.37. The molecule has 5 heterocycles. The molecule has 0 aromatic carbocycles. The third-order valence-corrected chi connectivity index (χ3v) is 9.07. The molecule has 3 saturated heterocycles. The lowest BCUT2D eigenvalue weighted by atomic mass is 9.80. The molecular formula is C25H29ClFN5O2. The first-order valence-electron chi connectivity index (χ1n) is 13.1. The minimum absolute atomic E-state index is 0.0693. The highest BCUT2D eigenvalue weighted by molar-refractivity contribution is 6.31. The second-order valence-electron chi connectivity index (χ2n) is 10.6. The van der Waals surface area contributed by atoms with Gasteiger partial charge in [0.05, 0.1) is 38.4 Å². The predicted molar refractivity (Wildman–Crippen MR) is 127 cm³/mol. The van der Waals surface area contributed by atoms with Crippen molar-refractivity contribution in [1.29, 1.82) is 0 Å². The molecule has 2 aromatic rings. The molecule has 0 radical (unpaired) electrons. The van der Waals surface area contributed by atoms with Crippen molar-refractivity contribution < 1.29 is 16.6 Å². The number of alkyl halides is 1. The molecule has 0 N–H and O–H groups in total. The number of pyridine rings is 1. The molecule has 9 heteroatoms. The first-order chi connectivity index (χ1) is 17.2. The van der Waals surface area contributed by atoms with E-state index < -0.39 is 18.3 Å². The topological polar surface area (TPSA) is 63.6 Å². The third-order valence-electron chi connectivity index (χ3n) is 8.69. The number of aromatic nitrogens is 3. The number of aryl methyl sites for hydroxylation is 1. The molecule has 4 atom stereocenters. The number of nitrogens with zero attached hydrogens (tertiary/aromatic N) is 5. The van der Waals surface area contributed by atoms with E-state index in [4.69, 9.17) is 26.1 Å². The van der Waals surface area contributed by atoms with Crippen molar-refractivity contribution in [3.8, 4) is 6.01 Å². The molecule has 5 fully saturated rings. The van der Waals surface area contributed by atoms with E-state index in [1.807, 2.05) is 11.8 Å². The molecule has 2 aromatic heterocycles. The maximum Gasteiger partial charge on any atom is 0.319 e. The van der Waals surface area contributed by atoms with Crippen LogP contribution >= 0.6 is 11.6 Å². The van der Waals surface area contributed by atoms with Crippen LogP contribution in [0.4, 0.5) is 10.2 Å². The van der Waals surface area contributed by atoms with Crippen LogP contribution in [0.25, 0.3) is 10.9 Å². The van der Waals surface area contributed by atoms with Crippen molar-refractivity contribution in [3.63, 3.8) is 0 Å². The zero-order chi connectivity index (χ0) is 25.0. The third kappa shape index (κ3) is 2.91. The Kier molecular flexibility index (Phi) is 4.09. The maximum atomic E-state index is 14.7. The summed E-state index contributed by atoms with van der Waals surface area (Å²) in [5, 5.41) is 0.940. The van der Waals surface area contributed by atoms with Crippen LogP contribution in [0.1, 0.15) is 34.0 Å². The van der Waals surface area contributed by atoms with E-state index in [9.17, 15) is 7.13 Å². The van der Waals surface area contributed by atoms with Gasteiger partial charge < -0.3 is 14.4 Å². The fourth-order valence-corrected chi connectivity index (χ4v) is 6.68. The minimum atomic E-state index is -2.05. The summed E-state index contributed by atoms with van der Waals surface area (Å²) in [6, 6.07) is -0.414. The van der Waals surface area contributed by atoms with Crippen molar-refractivity contribution >= 4 is 28.3 Å². The number of hydrogen-bond acceptors (Lipinski definition) is 7. The summed E-state index contributed by atoms with van der Waals surface area (Å²) in [5.41, 5.74) is 1.31. The van der Waals surface area contributed by atoms with Crippen LogP contribution in [-0.4, -0.2) is 77.0 Å². The van der Waals surface area contributed by atoms with Gasteiger partial charge in [0.15, 0.2) is 0 Å². The quantitative estimate of drug-likeness (QED) is 0.481. The highest BCUT2D eigenvalue weighted by Crippen LogP contribution is 2.66. The monoisotopic (exact) mass is 487 g/mol. The Bertz CT molecular complexity index is 1290. The number of fused-ring (bicyclic) bond motifs is 4. The molecule has 180 valence electrons. The summed E-state index contributed by atoms with van der Waals surface area (Å²) in [6.45, 7) is 6.76. The van der Waals surface area contributed by atoms with Crippen molar-refractivity contribution in [2.24, 2.45) is 11.3 Å². The van der Waals surface area contributed by atoms with Gasteiger partial charge in [-0.15, -0.1) is 0 Å². The number of rotatable bonds is 4. The molecule has 34 heavy (non-hydrogen) atoms. The molecule has 1 spiro atoms. The van der Waals surface area contributed by atoms with Crippen molar-refractivity contribution in [3.05, 3.63) is 29.1 Å². The molecule has 2 aliphatic carbocycles. The van der Waals surface area contributed by atoms with Crippen LogP contribution in [0.3, 0.4) is 0 Å². The van der Waals surface area contributed by atoms with Gasteiger partial charge in [-0.2, -0.15) is 9.97 Å². The molecule has 7 nitrogen and oxygen atoms in total. The van der Waals surface area contributed by atoms with E-state index in [-0.39, 0.29) is 23.4 Å². The summed E-state index contributed by atoms with van der Waals surface area (Å²) < 4.78 is 45.0. The average Bonchev–Trinajstić information content (AvgIpc) is 3.69. The van der Waals surface area contributed by atoms with E-state index in [2.05, 4.69) is 21.4 Å². The molecule has 7 rings (SSSR count). The Morgan fingerprint density at radius 1 is 1.35 bits per heavy atom. The normalized spacial score (nSPS) is 35.1. The highest BCUT2D eigenvalue weighted by atomic mass is 35.5. The van der Waals surface area contributed by atoms with Gasteiger partial charge in [0, 0.05) is 30.8 Å². The van der Waals surface area contributed by atoms with Crippen LogP contribution in [0.2, 0.25) is 5.15 Å². The summed E-state index contributed by atoms with van der Waals surface area (Å²) in [5.74, 6) is 0.274. The lowest BCUT2D eigenvalue weighted by Crippen LogP contribution is -2.49. The largest absolute Gasteiger partial charge is 0.461 e. The Labute approximate surface area is 206 Å². The van der Waals surface area contributed by atoms with Crippen molar-refractivity contribution in [2.45, 2.75) is 50.4 Å². The van der Waals surface area contributed by atoms with Gasteiger partial charge in [-0.3, -0.25) is 4.90 Å². The second kappa shape index (κ2) is 7.24. The molecule has 0 unspecified atom stereocenters. The lowest BCUT2D eigenvalue weighted by molar-refractivity contribution is 0.0649. The molecule has 5 aliphatic rings. The van der Waals surface area contributed by atoms with E-state index >= 15 is 0 Å². The number of halogens is 2. The van der Waals surface area contributed by atoms with Gasteiger partial charge in [-0.05, 0) is 44.6 Å². The Balaban J connectivity index is 1.34. The van der Waals surface area contributed by atoms with E-state index in [0.717, 1.165) is 31.4 Å². The van der Waals surface area contributed by atoms with Crippen LogP contribution < -0.4 is 9.64 Å². The standard InChI is InChI=1S/C25H29ClFN5O2/c1-14-9-25(24(3-4-24)5-6-31(25)11-14)13-34-23-29-19-15(2)21(26)28-10-16(19)22(30-23)32-7-8-33-12-17-18(27)20(17)32/h10,17-18,20H,1,3-9,11-13H2,2H3/t17-,18-,20-,25-/m0/s1/i13D2. The Morgan fingerprint density at radius 3 is 3.03 bits per heavy atom. The first-order valence-corrected chi connectivity index (χ1v) is 12.5. The van der Waals surface area contributed by atoms with Gasteiger partial charge in [0.25, 0.3) is 0 Å². The molecule has 2 saturated carbocycles. The van der Waals surface area contributed by atoms with Crippen LogP contribution in [-0.2, 0) is 4.74 Å². The summed E-state index contributed by atoms with van der Waals surface area (Å²) in [6.07, 6.45) is 4.09. The fraction of sp³-hybridized carbons (Fsp3) is 0.640. The minimum Gasteiger partial charge on any atom is -0.461 e. The van der Waals surface area contributed by atoms with Gasteiger partial charge in [-0.1, -0.05) is 23.8 Å². The van der Waals surface area contributed by atoms with Gasteiger partial charge in [0.1, 0.15) is 23.7 Å². The van der Waals surface area contributed by atoms with Crippen LogP contribution in [0.15, 0.2) is 18.3 Å². The zero-order valence-corrected chi connectivity index (χ0v) is 19.9. The van der Waals surface area contributed by atoms with Gasteiger partial charge in [-0.25, -0.2) is 9.37 Å². The highest BCUT2D eigenvalue weighted by Gasteiger charge is 2.67. The number of hydrogen-bond donors (Lipinski definition) is 0. The Hall–Kier alpha value is -2.03. The predicted octanol–water partition coefficient (Wildman–Crippen LogP) is 3.72. The summed E-state index contributed by atoms with van der Waals surface area (Å²) >= 11 is 6.34. The zero-order valence-electron chi connectivity index (χ0n) is 21.2. The van der Waals surface area contributed by atoms with E-state index in [1.165, 1.54) is 0 Å². The second-order valence-corrected chi connectivity index (χ2v) is 10.9. The molecular weight excluding hydrogens is 457 g/mol. The van der Waals surface area contributed by atoms with Gasteiger partial charge in [0.2, 0.25) is 0 Å².